The van der Waals surface area contributed by atoms with Gasteiger partial charge in [-0.2, -0.15) is 0 Å². The molecular formula is C14H22N2O3. The summed E-state index contributed by atoms with van der Waals surface area (Å²) < 4.78 is 0. The van der Waals surface area contributed by atoms with Crippen molar-refractivity contribution in [3.8, 4) is 5.75 Å². The highest BCUT2D eigenvalue weighted by Crippen LogP contribution is 2.10. The molecule has 5 nitrogen and oxygen atoms in total. The predicted molar refractivity (Wildman–Crippen MR) is 73.7 cm³/mol. The van der Waals surface area contributed by atoms with Crippen LogP contribution in [0, 0.1) is 0 Å². The number of aromatic hydroxyl groups is 1. The Balaban J connectivity index is 2.38. The molecule has 0 bridgehead atoms. The molecule has 0 spiro atoms. The first-order valence-electron chi connectivity index (χ1n) is 6.52. The largest absolute Gasteiger partial charge is 0.508 e. The van der Waals surface area contributed by atoms with Crippen LogP contribution in [0.2, 0.25) is 0 Å². The Labute approximate surface area is 113 Å². The van der Waals surface area contributed by atoms with Crippen molar-refractivity contribution in [3.05, 3.63) is 29.8 Å². The zero-order valence-corrected chi connectivity index (χ0v) is 11.2. The van der Waals surface area contributed by atoms with E-state index in [9.17, 15) is 9.90 Å². The van der Waals surface area contributed by atoms with Crippen LogP contribution in [0.15, 0.2) is 24.3 Å². The smallest absolute Gasteiger partial charge is 0.237 e. The molecule has 5 heteroatoms. The molecule has 19 heavy (non-hydrogen) atoms. The topological polar surface area (TPSA) is 95.6 Å². The highest BCUT2D eigenvalue weighted by Gasteiger charge is 2.15. The maximum Gasteiger partial charge on any atom is 0.237 e. The number of amides is 1. The molecule has 5 N–H and O–H groups in total. The minimum Gasteiger partial charge on any atom is -0.508 e. The first-order chi connectivity index (χ1) is 9.02. The zero-order chi connectivity index (χ0) is 14.3. The lowest BCUT2D eigenvalue weighted by Gasteiger charge is -2.15. The molecule has 1 aromatic carbocycles. The number of rotatable bonds is 7. The van der Waals surface area contributed by atoms with E-state index in [1.165, 1.54) is 0 Å². The predicted octanol–water partition coefficient (Wildman–Crippen LogP) is 0.539. The van der Waals surface area contributed by atoms with E-state index < -0.39 is 12.1 Å². The Hall–Kier alpha value is -1.59. The van der Waals surface area contributed by atoms with Gasteiger partial charge >= 0.3 is 0 Å². The van der Waals surface area contributed by atoms with Crippen LogP contribution in [-0.4, -0.2) is 34.8 Å². The number of nitrogens with one attached hydrogen (secondary N) is 1. The van der Waals surface area contributed by atoms with Crippen LogP contribution < -0.4 is 11.1 Å². The third kappa shape index (κ3) is 5.72. The summed E-state index contributed by atoms with van der Waals surface area (Å²) in [5, 5.41) is 21.3. The van der Waals surface area contributed by atoms with Gasteiger partial charge in [-0.05, 0) is 30.5 Å². The summed E-state index contributed by atoms with van der Waals surface area (Å²) in [6, 6.07) is 5.93. The number of hydrogen-bond donors (Lipinski definition) is 4. The van der Waals surface area contributed by atoms with Gasteiger partial charge in [0.2, 0.25) is 5.91 Å². The third-order valence-corrected chi connectivity index (χ3v) is 2.86. The molecule has 1 unspecified atom stereocenters. The van der Waals surface area contributed by atoms with Crippen molar-refractivity contribution in [2.24, 2.45) is 5.73 Å². The molecule has 0 fully saturated rings. The Kier molecular flexibility index (Phi) is 6.32. The van der Waals surface area contributed by atoms with Crippen LogP contribution in [0.4, 0.5) is 0 Å². The van der Waals surface area contributed by atoms with Gasteiger partial charge in [0.05, 0.1) is 12.1 Å². The number of phenolic OH excluding ortho intramolecular Hbond substituents is 1. The molecule has 0 aliphatic rings. The first-order valence-corrected chi connectivity index (χ1v) is 6.52. The molecular weight excluding hydrogens is 244 g/mol. The zero-order valence-electron chi connectivity index (χ0n) is 11.2. The molecule has 2 atom stereocenters. The van der Waals surface area contributed by atoms with Crippen molar-refractivity contribution < 1.29 is 15.0 Å². The van der Waals surface area contributed by atoms with Crippen LogP contribution in [0.1, 0.15) is 25.3 Å². The molecule has 1 rings (SSSR count). The molecule has 0 radical (unpaired) electrons. The normalized spacial score (nSPS) is 13.8. The first kappa shape index (κ1) is 15.5. The minimum atomic E-state index is -0.654. The summed E-state index contributed by atoms with van der Waals surface area (Å²) in [5.74, 6) is -0.0901. The van der Waals surface area contributed by atoms with E-state index in [0.717, 1.165) is 12.0 Å². The van der Waals surface area contributed by atoms with Gasteiger partial charge in [-0.25, -0.2) is 0 Å². The lowest BCUT2D eigenvalue weighted by molar-refractivity contribution is -0.122. The Morgan fingerprint density at radius 1 is 1.37 bits per heavy atom. The van der Waals surface area contributed by atoms with E-state index in [1.54, 1.807) is 24.3 Å². The van der Waals surface area contributed by atoms with Crippen molar-refractivity contribution in [1.29, 1.82) is 0 Å². The van der Waals surface area contributed by atoms with Crippen molar-refractivity contribution >= 4 is 5.91 Å². The average molecular weight is 266 g/mol. The fraction of sp³-hybridized carbons (Fsp3) is 0.500. The monoisotopic (exact) mass is 266 g/mol. The van der Waals surface area contributed by atoms with Gasteiger partial charge in [-0.3, -0.25) is 4.79 Å². The van der Waals surface area contributed by atoms with Gasteiger partial charge < -0.3 is 21.3 Å². The number of carbonyl (C=O) groups is 1. The van der Waals surface area contributed by atoms with Crippen molar-refractivity contribution in [2.45, 2.75) is 38.3 Å². The number of phenols is 1. The second-order valence-electron chi connectivity index (χ2n) is 4.66. The van der Waals surface area contributed by atoms with Crippen molar-refractivity contribution in [3.63, 3.8) is 0 Å². The summed E-state index contributed by atoms with van der Waals surface area (Å²) in [5.41, 5.74) is 6.68. The number of carbonyl (C=O) groups excluding carboxylic acids is 1. The van der Waals surface area contributed by atoms with Crippen LogP contribution in [0.25, 0.3) is 0 Å². The van der Waals surface area contributed by atoms with Crippen LogP contribution >= 0.6 is 0 Å². The lowest BCUT2D eigenvalue weighted by atomic mass is 10.1. The Morgan fingerprint density at radius 3 is 2.58 bits per heavy atom. The van der Waals surface area contributed by atoms with Crippen molar-refractivity contribution in [2.75, 3.05) is 6.54 Å². The highest BCUT2D eigenvalue weighted by molar-refractivity contribution is 5.81. The van der Waals surface area contributed by atoms with E-state index in [-0.39, 0.29) is 18.2 Å². The summed E-state index contributed by atoms with van der Waals surface area (Å²) in [4.78, 5) is 11.7. The summed E-state index contributed by atoms with van der Waals surface area (Å²) in [7, 11) is 0. The van der Waals surface area contributed by atoms with E-state index in [4.69, 9.17) is 10.8 Å². The van der Waals surface area contributed by atoms with Gasteiger partial charge in [0.25, 0.3) is 0 Å². The molecule has 0 saturated carbocycles. The fourth-order valence-electron chi connectivity index (χ4n) is 1.76. The second kappa shape index (κ2) is 7.76. The summed E-state index contributed by atoms with van der Waals surface area (Å²) >= 11 is 0. The van der Waals surface area contributed by atoms with Crippen molar-refractivity contribution in [1.82, 2.24) is 5.32 Å². The van der Waals surface area contributed by atoms with Crippen LogP contribution in [0.3, 0.4) is 0 Å². The van der Waals surface area contributed by atoms with Crippen LogP contribution in [-0.2, 0) is 11.2 Å². The summed E-state index contributed by atoms with van der Waals surface area (Å²) in [6.07, 6.45) is 1.41. The molecule has 1 aromatic rings. The van der Waals surface area contributed by atoms with E-state index in [1.807, 2.05) is 6.92 Å². The highest BCUT2D eigenvalue weighted by atomic mass is 16.3. The van der Waals surface area contributed by atoms with Gasteiger partial charge in [0, 0.05) is 6.54 Å². The quantitative estimate of drug-likeness (QED) is 0.579. The maximum absolute atomic E-state index is 11.7. The van der Waals surface area contributed by atoms with E-state index in [0.29, 0.717) is 12.8 Å². The maximum atomic E-state index is 11.7. The average Bonchev–Trinajstić information content (AvgIpc) is 2.39. The molecule has 0 aliphatic heterocycles. The molecule has 0 heterocycles. The van der Waals surface area contributed by atoms with Crippen LogP contribution in [0.5, 0.6) is 5.75 Å². The number of hydrogen-bond acceptors (Lipinski definition) is 4. The van der Waals surface area contributed by atoms with Gasteiger partial charge in [0.15, 0.2) is 0 Å². The molecule has 0 aromatic heterocycles. The Bertz CT molecular complexity index is 392. The summed E-state index contributed by atoms with van der Waals surface area (Å²) in [6.45, 7) is 2.21. The van der Waals surface area contributed by atoms with Gasteiger partial charge in [0.1, 0.15) is 5.75 Å². The van der Waals surface area contributed by atoms with Gasteiger partial charge in [-0.1, -0.05) is 25.5 Å². The van der Waals surface area contributed by atoms with E-state index in [2.05, 4.69) is 5.32 Å². The minimum absolute atomic E-state index is 0.185. The molecule has 1 amide bonds. The number of nitrogens with two attached hydrogens (primary N) is 1. The number of aliphatic hydroxyl groups is 1. The fourth-order valence-corrected chi connectivity index (χ4v) is 1.76. The molecule has 0 aliphatic carbocycles. The van der Waals surface area contributed by atoms with Gasteiger partial charge in [-0.15, -0.1) is 0 Å². The molecule has 0 saturated heterocycles. The SMILES string of the molecule is CCCC(O)CNC(=O)[C@H](N)Cc1ccc(O)cc1. The Morgan fingerprint density at radius 2 is 2.00 bits per heavy atom. The second-order valence-corrected chi connectivity index (χ2v) is 4.66. The number of benzene rings is 1. The third-order valence-electron chi connectivity index (χ3n) is 2.86. The number of aliphatic hydroxyl groups excluding tert-OH is 1. The molecule has 106 valence electrons. The van der Waals surface area contributed by atoms with E-state index >= 15 is 0 Å². The lowest BCUT2D eigenvalue weighted by Crippen LogP contribution is -2.44. The standard InChI is InChI=1S/C14H22N2O3/c1-2-3-12(18)9-16-14(19)13(15)8-10-4-6-11(17)7-5-10/h4-7,12-13,17-18H,2-3,8-9,15H2,1H3,(H,16,19)/t12?,13-/m1/s1.